The molecule has 0 saturated carbocycles. The SMILES string of the molecule is CN(C)C1CCN(c2ccc(NC(=O)c3cc4sccc4s3)cc2)C1. The Morgan fingerprint density at radius 2 is 2.00 bits per heavy atom. The van der Waals surface area contributed by atoms with Crippen molar-refractivity contribution in [2.24, 2.45) is 0 Å². The van der Waals surface area contributed by atoms with Gasteiger partial charge in [0, 0.05) is 39.9 Å². The third-order valence-electron chi connectivity index (χ3n) is 4.75. The van der Waals surface area contributed by atoms with E-state index in [2.05, 4.69) is 52.8 Å². The lowest BCUT2D eigenvalue weighted by Gasteiger charge is -2.22. The summed E-state index contributed by atoms with van der Waals surface area (Å²) in [4.78, 5) is 17.9. The van der Waals surface area contributed by atoms with Crippen molar-refractivity contribution >= 4 is 49.4 Å². The average Bonchev–Trinajstić information content (AvgIpc) is 3.31. The smallest absolute Gasteiger partial charge is 0.265 e. The third-order valence-corrected chi connectivity index (χ3v) is 6.84. The monoisotopic (exact) mass is 371 g/mol. The van der Waals surface area contributed by atoms with Crippen LogP contribution in [0.4, 0.5) is 11.4 Å². The lowest BCUT2D eigenvalue weighted by molar-refractivity contribution is 0.103. The zero-order chi connectivity index (χ0) is 17.4. The number of carbonyl (C=O) groups excluding carboxylic acids is 1. The highest BCUT2D eigenvalue weighted by Crippen LogP contribution is 2.30. The number of fused-ring (bicyclic) bond motifs is 1. The van der Waals surface area contributed by atoms with E-state index in [1.165, 1.54) is 21.5 Å². The first-order valence-corrected chi connectivity index (χ1v) is 10.1. The molecule has 4 nitrogen and oxygen atoms in total. The summed E-state index contributed by atoms with van der Waals surface area (Å²) in [7, 11) is 4.28. The molecule has 1 unspecified atom stereocenters. The Balaban J connectivity index is 1.42. The van der Waals surface area contributed by atoms with Gasteiger partial charge < -0.3 is 15.1 Å². The number of hydrogen-bond donors (Lipinski definition) is 1. The number of likely N-dealkylation sites (N-methyl/N-ethyl adjacent to an activating group) is 1. The molecule has 1 aromatic carbocycles. The highest BCUT2D eigenvalue weighted by atomic mass is 32.1. The first kappa shape index (κ1) is 16.6. The van der Waals surface area contributed by atoms with Crippen LogP contribution in [0.5, 0.6) is 0 Å². The quantitative estimate of drug-likeness (QED) is 0.740. The van der Waals surface area contributed by atoms with Crippen molar-refractivity contribution in [3.63, 3.8) is 0 Å². The van der Waals surface area contributed by atoms with E-state index >= 15 is 0 Å². The molecule has 1 amide bonds. The van der Waals surface area contributed by atoms with Crippen LogP contribution >= 0.6 is 22.7 Å². The van der Waals surface area contributed by atoms with Crippen molar-refractivity contribution in [1.82, 2.24) is 4.90 Å². The highest BCUT2D eigenvalue weighted by Gasteiger charge is 2.24. The number of benzene rings is 1. The van der Waals surface area contributed by atoms with Gasteiger partial charge in [-0.15, -0.1) is 22.7 Å². The molecule has 4 rings (SSSR count). The standard InChI is InChI=1S/C19H21N3OS2/c1-21(2)15-7-9-22(12-15)14-5-3-13(4-6-14)20-19(23)18-11-17-16(25-18)8-10-24-17/h3-6,8,10-11,15H,7,9,12H2,1-2H3,(H,20,23). The Hall–Kier alpha value is -1.89. The molecule has 1 atom stereocenters. The van der Waals surface area contributed by atoms with Crippen LogP contribution in [0.3, 0.4) is 0 Å². The first-order chi connectivity index (χ1) is 12.1. The van der Waals surface area contributed by atoms with Gasteiger partial charge in [-0.3, -0.25) is 4.79 Å². The van der Waals surface area contributed by atoms with E-state index in [1.54, 1.807) is 22.7 Å². The lowest BCUT2D eigenvalue weighted by Crippen LogP contribution is -2.31. The van der Waals surface area contributed by atoms with Crippen LogP contribution in [-0.2, 0) is 0 Å². The predicted molar refractivity (Wildman–Crippen MR) is 108 cm³/mol. The Morgan fingerprint density at radius 1 is 1.20 bits per heavy atom. The topological polar surface area (TPSA) is 35.6 Å². The fourth-order valence-corrected chi connectivity index (χ4v) is 5.23. The number of nitrogens with one attached hydrogen (secondary N) is 1. The number of thiophene rings is 2. The molecule has 25 heavy (non-hydrogen) atoms. The fraction of sp³-hybridized carbons (Fsp3) is 0.316. The maximum Gasteiger partial charge on any atom is 0.265 e. The predicted octanol–water partition coefficient (Wildman–Crippen LogP) is 4.36. The number of hydrogen-bond acceptors (Lipinski definition) is 5. The molecule has 6 heteroatoms. The van der Waals surface area contributed by atoms with E-state index in [0.29, 0.717) is 6.04 Å². The highest BCUT2D eigenvalue weighted by molar-refractivity contribution is 7.27. The molecule has 0 spiro atoms. The Kier molecular flexibility index (Phi) is 4.50. The number of anilines is 2. The van der Waals surface area contributed by atoms with E-state index in [9.17, 15) is 4.79 Å². The van der Waals surface area contributed by atoms with Gasteiger partial charge >= 0.3 is 0 Å². The summed E-state index contributed by atoms with van der Waals surface area (Å²) in [5.41, 5.74) is 2.06. The van der Waals surface area contributed by atoms with Gasteiger partial charge in [0.15, 0.2) is 0 Å². The minimum absolute atomic E-state index is 0.0324. The molecule has 0 bridgehead atoms. The van der Waals surface area contributed by atoms with Crippen LogP contribution in [0.15, 0.2) is 41.8 Å². The van der Waals surface area contributed by atoms with Crippen LogP contribution in [-0.4, -0.2) is 44.0 Å². The van der Waals surface area contributed by atoms with Gasteiger partial charge in [0.1, 0.15) is 0 Å². The minimum atomic E-state index is -0.0324. The van der Waals surface area contributed by atoms with Gasteiger partial charge in [0.05, 0.1) is 4.88 Å². The maximum atomic E-state index is 12.4. The summed E-state index contributed by atoms with van der Waals surface area (Å²) in [6.07, 6.45) is 1.20. The summed E-state index contributed by atoms with van der Waals surface area (Å²) in [5.74, 6) is -0.0324. The number of nitrogens with zero attached hydrogens (tertiary/aromatic N) is 2. The van der Waals surface area contributed by atoms with Gasteiger partial charge in [-0.2, -0.15) is 0 Å². The van der Waals surface area contributed by atoms with Crippen molar-refractivity contribution in [1.29, 1.82) is 0 Å². The number of amides is 1. The zero-order valence-electron chi connectivity index (χ0n) is 14.4. The largest absolute Gasteiger partial charge is 0.370 e. The zero-order valence-corrected chi connectivity index (χ0v) is 16.0. The molecule has 3 aromatic rings. The molecule has 0 radical (unpaired) electrons. The molecule has 0 aliphatic carbocycles. The average molecular weight is 372 g/mol. The molecule has 130 valence electrons. The summed E-state index contributed by atoms with van der Waals surface area (Å²) < 4.78 is 2.35. The van der Waals surface area contributed by atoms with Crippen molar-refractivity contribution in [2.45, 2.75) is 12.5 Å². The van der Waals surface area contributed by atoms with E-state index in [-0.39, 0.29) is 5.91 Å². The van der Waals surface area contributed by atoms with E-state index < -0.39 is 0 Å². The molecule has 1 saturated heterocycles. The van der Waals surface area contributed by atoms with Crippen LogP contribution in [0, 0.1) is 0 Å². The van der Waals surface area contributed by atoms with E-state index in [4.69, 9.17) is 0 Å². The maximum absolute atomic E-state index is 12.4. The molecular weight excluding hydrogens is 350 g/mol. The van der Waals surface area contributed by atoms with Gasteiger partial charge in [-0.1, -0.05) is 0 Å². The van der Waals surface area contributed by atoms with Crippen molar-refractivity contribution < 1.29 is 4.79 Å². The van der Waals surface area contributed by atoms with E-state index in [0.717, 1.165) is 23.7 Å². The van der Waals surface area contributed by atoms with Crippen LogP contribution in [0.25, 0.3) is 9.40 Å². The molecule has 1 aliphatic heterocycles. The molecule has 3 heterocycles. The molecular formula is C19H21N3OS2. The lowest BCUT2D eigenvalue weighted by atomic mass is 10.2. The van der Waals surface area contributed by atoms with Crippen molar-refractivity contribution in [3.8, 4) is 0 Å². The summed E-state index contributed by atoms with van der Waals surface area (Å²) in [5, 5.41) is 5.06. The third kappa shape index (κ3) is 3.42. The Labute approximate surface area is 155 Å². The molecule has 2 aromatic heterocycles. The second-order valence-corrected chi connectivity index (χ2v) is 8.64. The van der Waals surface area contributed by atoms with Gasteiger partial charge in [-0.05, 0) is 62.3 Å². The molecule has 1 fully saturated rings. The summed E-state index contributed by atoms with van der Waals surface area (Å²) in [6, 6.07) is 12.8. The molecule has 1 aliphatic rings. The van der Waals surface area contributed by atoms with E-state index in [1.807, 2.05) is 18.2 Å². The first-order valence-electron chi connectivity index (χ1n) is 8.40. The van der Waals surface area contributed by atoms with Crippen LogP contribution in [0.1, 0.15) is 16.1 Å². The second kappa shape index (κ2) is 6.78. The van der Waals surface area contributed by atoms with Gasteiger partial charge in [0.25, 0.3) is 5.91 Å². The second-order valence-electron chi connectivity index (χ2n) is 6.61. The van der Waals surface area contributed by atoms with Crippen LogP contribution in [0.2, 0.25) is 0 Å². The van der Waals surface area contributed by atoms with Gasteiger partial charge in [-0.25, -0.2) is 0 Å². The summed E-state index contributed by atoms with van der Waals surface area (Å²) in [6.45, 7) is 2.14. The number of rotatable bonds is 4. The number of carbonyl (C=O) groups is 1. The van der Waals surface area contributed by atoms with Crippen molar-refractivity contribution in [3.05, 3.63) is 46.7 Å². The fourth-order valence-electron chi connectivity index (χ4n) is 3.22. The Bertz CT molecular complexity index is 853. The van der Waals surface area contributed by atoms with Crippen LogP contribution < -0.4 is 10.2 Å². The van der Waals surface area contributed by atoms with Gasteiger partial charge in [0.2, 0.25) is 0 Å². The summed E-state index contributed by atoms with van der Waals surface area (Å²) >= 11 is 3.21. The molecule has 1 N–H and O–H groups in total. The Morgan fingerprint density at radius 3 is 2.68 bits per heavy atom. The minimum Gasteiger partial charge on any atom is -0.370 e. The normalized spacial score (nSPS) is 17.6. The van der Waals surface area contributed by atoms with Crippen molar-refractivity contribution in [2.75, 3.05) is 37.4 Å².